The summed E-state index contributed by atoms with van der Waals surface area (Å²) in [5.41, 5.74) is -4.27. The number of carbonyl (C=O) groups excluding carboxylic acids is 1. The molecular weight excluding hydrogens is 562 g/mol. The first-order valence-electron chi connectivity index (χ1n) is 11.4. The Morgan fingerprint density at radius 3 is 2.27 bits per heavy atom. The molecule has 0 unspecified atom stereocenters. The largest absolute Gasteiger partial charge is 0.417 e. The molecule has 3 aromatic heterocycles. The monoisotopic (exact) mass is 581 g/mol. The third-order valence-electron chi connectivity index (χ3n) is 6.34. The maximum atomic E-state index is 14.7. The van der Waals surface area contributed by atoms with Crippen molar-refractivity contribution in [1.29, 1.82) is 0 Å². The lowest BCUT2D eigenvalue weighted by Crippen LogP contribution is -2.55. The Hall–Kier alpha value is -3.86. The standard InChI is InChI=1S/C23H19F8N5O4/c24-11-7-14(25)18(32-8-11)36-9-13(19(39)34-20(22(26,27)28)23(29,30)31)16(38)12-1-2-15(33-17(12)36)35-5-3-21(40,10-37)4-6-35/h1-2,7-9,20,37,40H,3-6,10H2,(H,34,39). The van der Waals surface area contributed by atoms with Crippen molar-refractivity contribution >= 4 is 22.8 Å². The van der Waals surface area contributed by atoms with Gasteiger partial charge < -0.3 is 20.4 Å². The van der Waals surface area contributed by atoms with Crippen molar-refractivity contribution in [3.8, 4) is 5.82 Å². The molecule has 1 fully saturated rings. The van der Waals surface area contributed by atoms with Crippen LogP contribution in [0.25, 0.3) is 16.9 Å². The highest BCUT2D eigenvalue weighted by molar-refractivity contribution is 5.97. The fraction of sp³-hybridized carbons (Fsp3) is 0.391. The molecule has 17 heteroatoms. The number of aliphatic hydroxyl groups is 2. The Morgan fingerprint density at radius 1 is 1.10 bits per heavy atom. The van der Waals surface area contributed by atoms with Crippen LogP contribution in [-0.2, 0) is 0 Å². The zero-order valence-electron chi connectivity index (χ0n) is 20.0. The number of aromatic nitrogens is 3. The molecule has 3 N–H and O–H groups in total. The van der Waals surface area contributed by atoms with E-state index in [1.165, 1.54) is 6.07 Å². The van der Waals surface area contributed by atoms with Crippen LogP contribution in [0.4, 0.5) is 40.9 Å². The minimum atomic E-state index is -5.96. The van der Waals surface area contributed by atoms with Gasteiger partial charge in [-0.1, -0.05) is 0 Å². The van der Waals surface area contributed by atoms with Crippen LogP contribution in [0.1, 0.15) is 23.2 Å². The van der Waals surface area contributed by atoms with Gasteiger partial charge in [0.2, 0.25) is 11.5 Å². The van der Waals surface area contributed by atoms with Gasteiger partial charge >= 0.3 is 12.4 Å². The van der Waals surface area contributed by atoms with E-state index in [0.29, 0.717) is 23.0 Å². The molecule has 0 spiro atoms. The lowest BCUT2D eigenvalue weighted by molar-refractivity contribution is -0.255. The summed E-state index contributed by atoms with van der Waals surface area (Å²) in [5, 5.41) is 19.8. The van der Waals surface area contributed by atoms with Gasteiger partial charge in [0.25, 0.3) is 5.91 Å². The van der Waals surface area contributed by atoms with Crippen LogP contribution >= 0.6 is 0 Å². The number of hydrogen-bond donors (Lipinski definition) is 3. The topological polar surface area (TPSA) is 121 Å². The molecule has 0 radical (unpaired) electrons. The van der Waals surface area contributed by atoms with Gasteiger partial charge in [-0.3, -0.25) is 14.2 Å². The molecule has 1 aliphatic rings. The van der Waals surface area contributed by atoms with Crippen LogP contribution in [-0.4, -0.2) is 74.3 Å². The minimum Gasteiger partial charge on any atom is -0.393 e. The molecular formula is C23H19F8N5O4. The summed E-state index contributed by atoms with van der Waals surface area (Å²) in [6.45, 7) is -0.130. The first kappa shape index (κ1) is 29.1. The Balaban J connectivity index is 1.86. The lowest BCUT2D eigenvalue weighted by Gasteiger charge is -2.37. The summed E-state index contributed by atoms with van der Waals surface area (Å²) in [6.07, 6.45) is -10.6. The molecule has 9 nitrogen and oxygen atoms in total. The molecule has 0 bridgehead atoms. The summed E-state index contributed by atoms with van der Waals surface area (Å²) in [7, 11) is 0. The van der Waals surface area contributed by atoms with Gasteiger partial charge in [-0.2, -0.15) is 26.3 Å². The second kappa shape index (κ2) is 10.3. The number of piperidine rings is 1. The van der Waals surface area contributed by atoms with Crippen LogP contribution in [0.5, 0.6) is 0 Å². The first-order valence-corrected chi connectivity index (χ1v) is 11.4. The van der Waals surface area contributed by atoms with Gasteiger partial charge in [0.1, 0.15) is 17.2 Å². The first-order chi connectivity index (χ1) is 18.5. The molecule has 0 aliphatic carbocycles. The zero-order chi connectivity index (χ0) is 29.6. The average Bonchev–Trinajstić information content (AvgIpc) is 2.87. The number of rotatable bonds is 5. The van der Waals surface area contributed by atoms with Gasteiger partial charge in [-0.25, -0.2) is 18.7 Å². The van der Waals surface area contributed by atoms with Crippen molar-refractivity contribution in [3.63, 3.8) is 0 Å². The smallest absolute Gasteiger partial charge is 0.393 e. The van der Waals surface area contributed by atoms with Gasteiger partial charge in [-0.05, 0) is 25.0 Å². The highest BCUT2D eigenvalue weighted by atomic mass is 19.4. The number of alkyl halides is 6. The molecule has 40 heavy (non-hydrogen) atoms. The van der Waals surface area contributed by atoms with E-state index < -0.39 is 76.0 Å². The molecule has 1 amide bonds. The Kier molecular flexibility index (Phi) is 7.48. The summed E-state index contributed by atoms with van der Waals surface area (Å²) >= 11 is 0. The predicted octanol–water partition coefficient (Wildman–Crippen LogP) is 2.61. The SMILES string of the molecule is O=C(NC(C(F)(F)F)C(F)(F)F)c1cn(-c2ncc(F)cc2F)c2nc(N3CCC(O)(CO)CC3)ccc2c1=O. The van der Waals surface area contributed by atoms with E-state index in [1.807, 2.05) is 0 Å². The average molecular weight is 581 g/mol. The van der Waals surface area contributed by atoms with Crippen LogP contribution in [0.3, 0.4) is 0 Å². The maximum Gasteiger partial charge on any atom is 0.417 e. The van der Waals surface area contributed by atoms with Crippen molar-refractivity contribution in [3.05, 3.63) is 58.0 Å². The number of carbonyl (C=O) groups is 1. The summed E-state index contributed by atoms with van der Waals surface area (Å²) in [6, 6.07) is -1.60. The number of halogens is 8. The summed E-state index contributed by atoms with van der Waals surface area (Å²) in [4.78, 5) is 35.1. The van der Waals surface area contributed by atoms with Crippen molar-refractivity contribution in [2.24, 2.45) is 0 Å². The second-order valence-electron chi connectivity index (χ2n) is 9.10. The van der Waals surface area contributed by atoms with Gasteiger partial charge in [-0.15, -0.1) is 0 Å². The van der Waals surface area contributed by atoms with Crippen LogP contribution in [0, 0.1) is 11.6 Å². The second-order valence-corrected chi connectivity index (χ2v) is 9.10. The molecule has 3 aromatic rings. The number of fused-ring (bicyclic) bond motifs is 1. The Morgan fingerprint density at radius 2 is 1.73 bits per heavy atom. The number of pyridine rings is 3. The number of nitrogens with one attached hydrogen (secondary N) is 1. The highest BCUT2D eigenvalue weighted by Gasteiger charge is 2.57. The number of aliphatic hydroxyl groups excluding tert-OH is 1. The maximum absolute atomic E-state index is 14.7. The molecule has 1 aliphatic heterocycles. The molecule has 4 rings (SSSR count). The number of amides is 1. The molecule has 0 saturated carbocycles. The minimum absolute atomic E-state index is 0.128. The number of anilines is 1. The van der Waals surface area contributed by atoms with E-state index in [0.717, 1.165) is 11.4 Å². The third-order valence-corrected chi connectivity index (χ3v) is 6.34. The van der Waals surface area contributed by atoms with E-state index in [9.17, 15) is 54.9 Å². The van der Waals surface area contributed by atoms with Gasteiger partial charge in [0.05, 0.1) is 23.8 Å². The molecule has 4 heterocycles. The van der Waals surface area contributed by atoms with Crippen LogP contribution < -0.4 is 15.6 Å². The number of nitrogens with zero attached hydrogens (tertiary/aromatic N) is 4. The molecule has 0 aromatic carbocycles. The fourth-order valence-electron chi connectivity index (χ4n) is 4.15. The molecule has 0 atom stereocenters. The van der Waals surface area contributed by atoms with E-state index >= 15 is 0 Å². The van der Waals surface area contributed by atoms with Gasteiger partial charge in [0, 0.05) is 25.4 Å². The van der Waals surface area contributed by atoms with Crippen molar-refractivity contribution in [1.82, 2.24) is 19.9 Å². The van der Waals surface area contributed by atoms with Crippen molar-refractivity contribution in [2.75, 3.05) is 24.6 Å². The number of hydrogen-bond acceptors (Lipinski definition) is 7. The van der Waals surface area contributed by atoms with E-state index in [-0.39, 0.29) is 31.7 Å². The van der Waals surface area contributed by atoms with E-state index in [4.69, 9.17) is 0 Å². The quantitative estimate of drug-likeness (QED) is 0.397. The van der Waals surface area contributed by atoms with E-state index in [1.54, 1.807) is 4.90 Å². The molecule has 216 valence electrons. The lowest BCUT2D eigenvalue weighted by atomic mass is 9.92. The van der Waals surface area contributed by atoms with Crippen LogP contribution in [0.15, 0.2) is 35.4 Å². The fourth-order valence-corrected chi connectivity index (χ4v) is 4.15. The van der Waals surface area contributed by atoms with Crippen molar-refractivity contribution in [2.45, 2.75) is 36.8 Å². The normalized spacial score (nSPS) is 16.0. The Bertz CT molecular complexity index is 1490. The van der Waals surface area contributed by atoms with Crippen molar-refractivity contribution < 1.29 is 50.1 Å². The predicted molar refractivity (Wildman–Crippen MR) is 122 cm³/mol. The zero-order valence-corrected chi connectivity index (χ0v) is 20.0. The summed E-state index contributed by atoms with van der Waals surface area (Å²) in [5.74, 6) is -5.14. The third kappa shape index (κ3) is 5.70. The van der Waals surface area contributed by atoms with E-state index in [2.05, 4.69) is 9.97 Å². The van der Waals surface area contributed by atoms with Gasteiger partial charge in [0.15, 0.2) is 17.3 Å². The highest BCUT2D eigenvalue weighted by Crippen LogP contribution is 2.33. The Labute approximate surface area is 218 Å². The summed E-state index contributed by atoms with van der Waals surface area (Å²) < 4.78 is 107. The van der Waals surface area contributed by atoms with Crippen LogP contribution in [0.2, 0.25) is 0 Å². The molecule has 1 saturated heterocycles.